The van der Waals surface area contributed by atoms with Gasteiger partial charge in [-0.05, 0) is 41.5 Å². The maximum atomic E-state index is 14.6. The van der Waals surface area contributed by atoms with Crippen molar-refractivity contribution in [2.75, 3.05) is 0 Å². The maximum Gasteiger partial charge on any atom is 0.269 e. The zero-order valence-corrected chi connectivity index (χ0v) is 13.4. The van der Waals surface area contributed by atoms with Crippen molar-refractivity contribution < 1.29 is 8.78 Å². The van der Waals surface area contributed by atoms with Gasteiger partial charge in [0.25, 0.3) is 5.56 Å². The molecule has 26 heavy (non-hydrogen) atoms. The monoisotopic (exact) mass is 350 g/mol. The molecular weight excluding hydrogens is 338 g/mol. The zero-order valence-electron chi connectivity index (χ0n) is 13.4. The molecule has 0 amide bonds. The summed E-state index contributed by atoms with van der Waals surface area (Å²) in [5, 5.41) is 0. The van der Waals surface area contributed by atoms with Gasteiger partial charge in [-0.25, -0.2) is 13.8 Å². The highest BCUT2D eigenvalue weighted by Gasteiger charge is 2.15. The van der Waals surface area contributed by atoms with Gasteiger partial charge < -0.3 is 0 Å². The Morgan fingerprint density at radius 3 is 2.31 bits per heavy atom. The normalized spacial score (nSPS) is 11.0. The van der Waals surface area contributed by atoms with Crippen LogP contribution < -0.4 is 5.56 Å². The lowest BCUT2D eigenvalue weighted by Gasteiger charge is -2.12. The van der Waals surface area contributed by atoms with Gasteiger partial charge in [0.2, 0.25) is 0 Å². The molecule has 0 aliphatic carbocycles. The molecule has 0 aliphatic heterocycles. The smallest absolute Gasteiger partial charge is 0.269 e. The highest BCUT2D eigenvalue weighted by atomic mass is 19.1. The Morgan fingerprint density at radius 2 is 1.58 bits per heavy atom. The average Bonchev–Trinajstić information content (AvgIpc) is 2.66. The van der Waals surface area contributed by atoms with E-state index in [-0.39, 0.29) is 12.1 Å². The van der Waals surface area contributed by atoms with Crippen molar-refractivity contribution in [1.82, 2.24) is 19.5 Å². The molecule has 0 atom stereocenters. The molecule has 0 saturated carbocycles. The van der Waals surface area contributed by atoms with E-state index in [1.165, 1.54) is 29.1 Å². The van der Waals surface area contributed by atoms with Crippen LogP contribution in [0.1, 0.15) is 5.56 Å². The number of nitrogens with zero attached hydrogens (tertiary/aromatic N) is 4. The van der Waals surface area contributed by atoms with Crippen LogP contribution in [-0.4, -0.2) is 19.5 Å². The molecule has 4 rings (SSSR count). The van der Waals surface area contributed by atoms with E-state index in [0.29, 0.717) is 22.2 Å². The van der Waals surface area contributed by atoms with Crippen LogP contribution in [0.5, 0.6) is 0 Å². The van der Waals surface area contributed by atoms with E-state index in [9.17, 15) is 13.6 Å². The molecule has 0 spiro atoms. The van der Waals surface area contributed by atoms with Gasteiger partial charge in [-0.3, -0.25) is 19.3 Å². The van der Waals surface area contributed by atoms with E-state index in [2.05, 4.69) is 15.0 Å². The van der Waals surface area contributed by atoms with Gasteiger partial charge in [-0.2, -0.15) is 0 Å². The lowest BCUT2D eigenvalue weighted by molar-refractivity contribution is 0.545. The summed E-state index contributed by atoms with van der Waals surface area (Å²) >= 11 is 0. The number of benzene rings is 1. The molecule has 1 aromatic carbocycles. The quantitative estimate of drug-likeness (QED) is 0.569. The molecule has 0 unspecified atom stereocenters. The van der Waals surface area contributed by atoms with Crippen LogP contribution in [0.4, 0.5) is 8.78 Å². The molecule has 0 radical (unpaired) electrons. The van der Waals surface area contributed by atoms with Crippen LogP contribution in [-0.2, 0) is 6.54 Å². The number of halogens is 2. The Balaban J connectivity index is 1.81. The topological polar surface area (TPSA) is 60.7 Å². The molecule has 7 heteroatoms. The molecule has 128 valence electrons. The largest absolute Gasteiger partial charge is 0.299 e. The van der Waals surface area contributed by atoms with E-state index in [0.717, 1.165) is 6.20 Å². The average molecular weight is 350 g/mol. The lowest BCUT2D eigenvalue weighted by Crippen LogP contribution is -2.22. The molecule has 0 fully saturated rings. The van der Waals surface area contributed by atoms with Gasteiger partial charge in [-0.15, -0.1) is 0 Å². The standard InChI is InChI=1S/C19H12F2N4O/c20-15-7-13(12-1-4-22-5-2-12)8-16(21)14(15)11-25-18-9-23-6-3-17(18)24-10-19(25)26/h1-10H,11H2. The molecule has 0 aliphatic rings. The predicted molar refractivity (Wildman–Crippen MR) is 92.5 cm³/mol. The minimum Gasteiger partial charge on any atom is -0.299 e. The van der Waals surface area contributed by atoms with Crippen LogP contribution in [0.25, 0.3) is 22.2 Å². The number of pyridine rings is 2. The fourth-order valence-corrected chi connectivity index (χ4v) is 2.80. The molecule has 3 heterocycles. The van der Waals surface area contributed by atoms with Gasteiger partial charge in [0.15, 0.2) is 0 Å². The summed E-state index contributed by atoms with van der Waals surface area (Å²) in [6.07, 6.45) is 7.21. The maximum absolute atomic E-state index is 14.6. The fourth-order valence-electron chi connectivity index (χ4n) is 2.80. The van der Waals surface area contributed by atoms with Crippen LogP contribution in [0.15, 0.2) is 66.1 Å². The molecule has 3 aromatic heterocycles. The summed E-state index contributed by atoms with van der Waals surface area (Å²) in [7, 11) is 0. The highest BCUT2D eigenvalue weighted by molar-refractivity contribution is 5.73. The summed E-state index contributed by atoms with van der Waals surface area (Å²) < 4.78 is 30.5. The Morgan fingerprint density at radius 1 is 0.885 bits per heavy atom. The third-order valence-electron chi connectivity index (χ3n) is 4.12. The number of aromatic nitrogens is 4. The van der Waals surface area contributed by atoms with Gasteiger partial charge in [0.05, 0.1) is 30.0 Å². The van der Waals surface area contributed by atoms with Gasteiger partial charge in [0.1, 0.15) is 11.6 Å². The molecule has 5 nitrogen and oxygen atoms in total. The van der Waals surface area contributed by atoms with Crippen molar-refractivity contribution >= 4 is 11.0 Å². The Bertz CT molecular complexity index is 1140. The Hall–Kier alpha value is -3.48. The van der Waals surface area contributed by atoms with Gasteiger partial charge in [0, 0.05) is 24.2 Å². The van der Waals surface area contributed by atoms with Crippen molar-refractivity contribution in [3.63, 3.8) is 0 Å². The first-order valence-electron chi connectivity index (χ1n) is 7.81. The molecule has 0 bridgehead atoms. The fraction of sp³-hybridized carbons (Fsp3) is 0.0526. The number of hydrogen-bond acceptors (Lipinski definition) is 4. The van der Waals surface area contributed by atoms with Crippen molar-refractivity contribution in [1.29, 1.82) is 0 Å². The van der Waals surface area contributed by atoms with E-state index in [4.69, 9.17) is 0 Å². The van der Waals surface area contributed by atoms with E-state index < -0.39 is 17.2 Å². The molecular formula is C19H12F2N4O. The summed E-state index contributed by atoms with van der Waals surface area (Å²) in [5.41, 5.74) is 1.34. The second-order valence-electron chi connectivity index (χ2n) is 5.70. The SMILES string of the molecule is O=c1cnc2ccncc2n1Cc1c(F)cc(-c2ccncc2)cc1F. The van der Waals surface area contributed by atoms with Gasteiger partial charge in [-0.1, -0.05) is 0 Å². The third kappa shape index (κ3) is 2.83. The summed E-state index contributed by atoms with van der Waals surface area (Å²) in [5.74, 6) is -1.45. The Labute approximate surface area is 146 Å². The van der Waals surface area contributed by atoms with Crippen molar-refractivity contribution in [3.8, 4) is 11.1 Å². The van der Waals surface area contributed by atoms with Crippen LogP contribution >= 0.6 is 0 Å². The first kappa shape index (κ1) is 16.0. The molecule has 0 saturated heterocycles. The number of rotatable bonds is 3. The molecule has 0 N–H and O–H groups in total. The minimum absolute atomic E-state index is 0.193. The number of fused-ring (bicyclic) bond motifs is 1. The second kappa shape index (κ2) is 6.44. The van der Waals surface area contributed by atoms with E-state index in [1.54, 1.807) is 30.6 Å². The zero-order chi connectivity index (χ0) is 18.1. The third-order valence-corrected chi connectivity index (χ3v) is 4.12. The Kier molecular flexibility index (Phi) is 3.96. The minimum atomic E-state index is -0.724. The van der Waals surface area contributed by atoms with Gasteiger partial charge >= 0.3 is 0 Å². The van der Waals surface area contributed by atoms with Crippen molar-refractivity contribution in [2.24, 2.45) is 0 Å². The first-order valence-corrected chi connectivity index (χ1v) is 7.81. The van der Waals surface area contributed by atoms with E-state index >= 15 is 0 Å². The van der Waals surface area contributed by atoms with Crippen LogP contribution in [0, 0.1) is 11.6 Å². The van der Waals surface area contributed by atoms with Crippen LogP contribution in [0.3, 0.4) is 0 Å². The summed E-state index contributed by atoms with van der Waals surface area (Å²) in [4.78, 5) is 24.0. The number of hydrogen-bond donors (Lipinski definition) is 0. The van der Waals surface area contributed by atoms with Crippen molar-refractivity contribution in [3.05, 3.63) is 88.9 Å². The molecule has 4 aromatic rings. The lowest BCUT2D eigenvalue weighted by atomic mass is 10.0. The van der Waals surface area contributed by atoms with E-state index in [1.807, 2.05) is 0 Å². The van der Waals surface area contributed by atoms with Crippen LogP contribution in [0.2, 0.25) is 0 Å². The highest BCUT2D eigenvalue weighted by Crippen LogP contribution is 2.25. The first-order chi connectivity index (χ1) is 12.6. The second-order valence-corrected chi connectivity index (χ2v) is 5.70. The summed E-state index contributed by atoms with van der Waals surface area (Å²) in [6, 6.07) is 7.46. The predicted octanol–water partition coefficient (Wildman–Crippen LogP) is 3.18. The summed E-state index contributed by atoms with van der Waals surface area (Å²) in [6.45, 7) is -0.252. The van der Waals surface area contributed by atoms with Crippen molar-refractivity contribution in [2.45, 2.75) is 6.54 Å².